The van der Waals surface area contributed by atoms with Crippen LogP contribution in [-0.4, -0.2) is 27.8 Å². The molecule has 19 heavy (non-hydrogen) atoms. The largest absolute Gasteiger partial charge is 0.348 e. The predicted molar refractivity (Wildman–Crippen MR) is 77.5 cm³/mol. The van der Waals surface area contributed by atoms with Gasteiger partial charge in [0.15, 0.2) is 5.78 Å². The number of thiophene rings is 1. The van der Waals surface area contributed by atoms with E-state index in [0.29, 0.717) is 12.6 Å². The second kappa shape index (κ2) is 5.31. The van der Waals surface area contributed by atoms with Gasteiger partial charge in [-0.2, -0.15) is 11.3 Å². The molecule has 1 aliphatic carbocycles. The molecule has 2 aromatic heterocycles. The molecule has 0 bridgehead atoms. The second-order valence-corrected chi connectivity index (χ2v) is 5.98. The summed E-state index contributed by atoms with van der Waals surface area (Å²) in [4.78, 5) is 14.7. The van der Waals surface area contributed by atoms with Crippen molar-refractivity contribution >= 4 is 17.1 Å². The number of hydrogen-bond donors (Lipinski definition) is 0. The third kappa shape index (κ3) is 2.96. The maximum absolute atomic E-state index is 12.3. The average Bonchev–Trinajstić information content (AvgIpc) is 2.94. The Bertz CT molecular complexity index is 554. The van der Waals surface area contributed by atoms with Crippen molar-refractivity contribution in [1.29, 1.82) is 0 Å². The van der Waals surface area contributed by atoms with Gasteiger partial charge in [0.2, 0.25) is 0 Å². The van der Waals surface area contributed by atoms with Crippen LogP contribution in [0.15, 0.2) is 35.2 Å². The smallest absolute Gasteiger partial charge is 0.193 e. The van der Waals surface area contributed by atoms with E-state index in [1.807, 2.05) is 29.9 Å². The summed E-state index contributed by atoms with van der Waals surface area (Å²) in [5.41, 5.74) is 2.12. The average molecular weight is 274 g/mol. The van der Waals surface area contributed by atoms with Crippen LogP contribution in [0.3, 0.4) is 0 Å². The lowest BCUT2D eigenvalue weighted by Gasteiger charge is -2.20. The number of Topliss-reactive ketones (excluding diaryl/α,β-unsaturated/α-hetero) is 1. The van der Waals surface area contributed by atoms with Gasteiger partial charge in [-0.25, -0.2) is 0 Å². The highest BCUT2D eigenvalue weighted by molar-refractivity contribution is 7.07. The quantitative estimate of drug-likeness (QED) is 0.757. The second-order valence-electron chi connectivity index (χ2n) is 5.20. The summed E-state index contributed by atoms with van der Waals surface area (Å²) >= 11 is 1.72. The molecule has 2 aromatic rings. The summed E-state index contributed by atoms with van der Waals surface area (Å²) in [6, 6.07) is 6.57. The van der Waals surface area contributed by atoms with Gasteiger partial charge >= 0.3 is 0 Å². The van der Waals surface area contributed by atoms with Crippen molar-refractivity contribution in [2.75, 3.05) is 6.54 Å². The first-order chi connectivity index (χ1) is 9.24. The number of rotatable bonds is 6. The number of carbonyl (C=O) groups excluding carboxylic acids is 1. The number of aryl methyl sites for hydroxylation is 1. The fourth-order valence-corrected chi connectivity index (χ4v) is 3.05. The van der Waals surface area contributed by atoms with Crippen molar-refractivity contribution in [3.05, 3.63) is 46.4 Å². The van der Waals surface area contributed by atoms with Gasteiger partial charge in [0, 0.05) is 25.8 Å². The number of aromatic nitrogens is 1. The lowest BCUT2D eigenvalue weighted by Crippen LogP contribution is -2.32. The summed E-state index contributed by atoms with van der Waals surface area (Å²) in [6.45, 7) is 1.42. The Labute approximate surface area is 117 Å². The van der Waals surface area contributed by atoms with Crippen LogP contribution in [-0.2, 0) is 13.6 Å². The molecule has 0 saturated heterocycles. The molecule has 4 heteroatoms. The molecular weight excluding hydrogens is 256 g/mol. The number of ketones is 1. The van der Waals surface area contributed by atoms with Gasteiger partial charge in [0.05, 0.1) is 12.2 Å². The van der Waals surface area contributed by atoms with Crippen LogP contribution in [0.25, 0.3) is 0 Å². The van der Waals surface area contributed by atoms with Gasteiger partial charge in [0.1, 0.15) is 0 Å². The minimum Gasteiger partial charge on any atom is -0.348 e. The van der Waals surface area contributed by atoms with E-state index in [1.54, 1.807) is 11.3 Å². The molecule has 0 radical (unpaired) electrons. The Morgan fingerprint density at radius 1 is 1.47 bits per heavy atom. The van der Waals surface area contributed by atoms with Gasteiger partial charge in [0.25, 0.3) is 0 Å². The van der Waals surface area contributed by atoms with Crippen molar-refractivity contribution in [2.45, 2.75) is 25.4 Å². The highest BCUT2D eigenvalue weighted by Gasteiger charge is 2.30. The minimum atomic E-state index is 0.217. The van der Waals surface area contributed by atoms with E-state index in [4.69, 9.17) is 0 Å². The summed E-state index contributed by atoms with van der Waals surface area (Å²) in [7, 11) is 1.92. The van der Waals surface area contributed by atoms with Crippen LogP contribution in [0, 0.1) is 0 Å². The molecule has 0 atom stereocenters. The zero-order valence-electron chi connectivity index (χ0n) is 11.1. The minimum absolute atomic E-state index is 0.217. The van der Waals surface area contributed by atoms with E-state index in [9.17, 15) is 4.79 Å². The van der Waals surface area contributed by atoms with Crippen molar-refractivity contribution < 1.29 is 4.79 Å². The molecule has 0 N–H and O–H groups in total. The fraction of sp³-hybridized carbons (Fsp3) is 0.400. The summed E-state index contributed by atoms with van der Waals surface area (Å²) in [5.74, 6) is 0.217. The van der Waals surface area contributed by atoms with Crippen LogP contribution in [0.4, 0.5) is 0 Å². The maximum Gasteiger partial charge on any atom is 0.193 e. The Hall–Kier alpha value is -1.39. The standard InChI is InChI=1S/C15H18N2OS/c1-16-7-2-3-14(16)15(18)10-17(13-4-5-13)9-12-6-8-19-11-12/h2-3,6-8,11,13H,4-5,9-10H2,1H3. The highest BCUT2D eigenvalue weighted by atomic mass is 32.1. The zero-order valence-corrected chi connectivity index (χ0v) is 11.9. The van der Waals surface area contributed by atoms with Crippen molar-refractivity contribution in [3.8, 4) is 0 Å². The van der Waals surface area contributed by atoms with Crippen LogP contribution < -0.4 is 0 Å². The van der Waals surface area contributed by atoms with Gasteiger partial charge < -0.3 is 4.57 Å². The van der Waals surface area contributed by atoms with E-state index >= 15 is 0 Å². The third-order valence-electron chi connectivity index (χ3n) is 3.61. The SMILES string of the molecule is Cn1cccc1C(=O)CN(Cc1ccsc1)C1CC1. The Balaban J connectivity index is 1.68. The fourth-order valence-electron chi connectivity index (χ4n) is 2.39. The predicted octanol–water partition coefficient (Wildman–Crippen LogP) is 2.93. The maximum atomic E-state index is 12.3. The van der Waals surface area contributed by atoms with Gasteiger partial charge in [-0.1, -0.05) is 0 Å². The normalized spacial score (nSPS) is 15.1. The van der Waals surface area contributed by atoms with Gasteiger partial charge in [-0.3, -0.25) is 9.69 Å². The van der Waals surface area contributed by atoms with Gasteiger partial charge in [-0.15, -0.1) is 0 Å². The Morgan fingerprint density at radius 3 is 2.89 bits per heavy atom. The Kier molecular flexibility index (Phi) is 3.53. The number of nitrogens with zero attached hydrogens (tertiary/aromatic N) is 2. The monoisotopic (exact) mass is 274 g/mol. The van der Waals surface area contributed by atoms with E-state index in [-0.39, 0.29) is 5.78 Å². The molecule has 0 spiro atoms. The van der Waals surface area contributed by atoms with Crippen molar-refractivity contribution in [3.63, 3.8) is 0 Å². The van der Waals surface area contributed by atoms with Crippen molar-refractivity contribution in [1.82, 2.24) is 9.47 Å². The van der Waals surface area contributed by atoms with E-state index in [2.05, 4.69) is 21.7 Å². The van der Waals surface area contributed by atoms with Crippen LogP contribution in [0.2, 0.25) is 0 Å². The van der Waals surface area contributed by atoms with Crippen LogP contribution >= 0.6 is 11.3 Å². The summed E-state index contributed by atoms with van der Waals surface area (Å²) in [6.07, 6.45) is 4.38. The summed E-state index contributed by atoms with van der Waals surface area (Å²) in [5, 5.41) is 4.27. The third-order valence-corrected chi connectivity index (χ3v) is 4.34. The molecule has 0 aromatic carbocycles. The lowest BCUT2D eigenvalue weighted by molar-refractivity contribution is 0.0911. The first kappa shape index (κ1) is 12.6. The zero-order chi connectivity index (χ0) is 13.2. The van der Waals surface area contributed by atoms with E-state index in [1.165, 1.54) is 18.4 Å². The van der Waals surface area contributed by atoms with E-state index in [0.717, 1.165) is 12.2 Å². The molecule has 1 fully saturated rings. The molecule has 1 aliphatic rings. The molecular formula is C15H18N2OS. The van der Waals surface area contributed by atoms with Crippen molar-refractivity contribution in [2.24, 2.45) is 7.05 Å². The molecule has 100 valence electrons. The topological polar surface area (TPSA) is 25.2 Å². The van der Waals surface area contributed by atoms with Gasteiger partial charge in [-0.05, 0) is 47.4 Å². The molecule has 0 amide bonds. The highest BCUT2D eigenvalue weighted by Crippen LogP contribution is 2.28. The Morgan fingerprint density at radius 2 is 2.32 bits per heavy atom. The molecule has 3 rings (SSSR count). The molecule has 0 unspecified atom stereocenters. The number of hydrogen-bond acceptors (Lipinski definition) is 3. The molecule has 0 aliphatic heterocycles. The molecule has 2 heterocycles. The number of carbonyl (C=O) groups is 1. The van der Waals surface area contributed by atoms with E-state index < -0.39 is 0 Å². The van der Waals surface area contributed by atoms with Crippen LogP contribution in [0.1, 0.15) is 28.9 Å². The first-order valence-corrected chi connectivity index (χ1v) is 7.58. The first-order valence-electron chi connectivity index (χ1n) is 6.63. The lowest BCUT2D eigenvalue weighted by atomic mass is 10.2. The molecule has 3 nitrogen and oxygen atoms in total. The molecule has 1 saturated carbocycles. The summed E-state index contributed by atoms with van der Waals surface area (Å²) < 4.78 is 1.90. The van der Waals surface area contributed by atoms with Crippen LogP contribution in [0.5, 0.6) is 0 Å².